The van der Waals surface area contributed by atoms with Gasteiger partial charge in [-0.3, -0.25) is 0 Å². The van der Waals surface area contributed by atoms with E-state index in [9.17, 15) is 0 Å². The van der Waals surface area contributed by atoms with Crippen LogP contribution in [0.1, 0.15) is 49.9 Å². The Morgan fingerprint density at radius 3 is 0.982 bits per heavy atom. The number of hydrogen-bond acceptors (Lipinski definition) is 6. The second kappa shape index (κ2) is 24.9. The number of para-hydroxylation sites is 1. The van der Waals surface area contributed by atoms with Crippen molar-refractivity contribution in [2.24, 2.45) is 0 Å². The molecule has 2 aliphatic rings. The van der Waals surface area contributed by atoms with Crippen molar-refractivity contribution in [2.75, 3.05) is 0 Å². The van der Waals surface area contributed by atoms with Gasteiger partial charge in [-0.1, -0.05) is 304 Å². The topological polar surface area (TPSA) is 87.2 Å². The van der Waals surface area contributed by atoms with Crippen LogP contribution in [0, 0.1) is 0 Å². The van der Waals surface area contributed by atoms with E-state index in [1.807, 2.05) is 72.8 Å². The quantitative estimate of drug-likeness (QED) is 0.151. The lowest BCUT2D eigenvalue weighted by Gasteiger charge is -2.22. The van der Waals surface area contributed by atoms with Gasteiger partial charge in [-0.25, -0.2) is 29.9 Å². The number of halogens is 1. The van der Waals surface area contributed by atoms with E-state index >= 15 is 0 Å². The van der Waals surface area contributed by atoms with Gasteiger partial charge in [-0.05, 0) is 150 Å². The number of rotatable bonds is 8. The molecule has 0 saturated heterocycles. The van der Waals surface area contributed by atoms with Crippen LogP contribution in [0.25, 0.3) is 189 Å². The fourth-order valence-corrected chi connectivity index (χ4v) is 18.0. The number of fused-ring (bicyclic) bond motifs is 18. The Labute approximate surface area is 638 Å². The molecule has 109 heavy (non-hydrogen) atoms. The molecule has 0 saturated carbocycles. The van der Waals surface area contributed by atoms with Crippen molar-refractivity contribution in [3.05, 3.63) is 360 Å². The Morgan fingerprint density at radius 1 is 0.229 bits per heavy atom. The zero-order valence-electron chi connectivity index (χ0n) is 60.2. The zero-order valence-corrected chi connectivity index (χ0v) is 61.8. The lowest BCUT2D eigenvalue weighted by molar-refractivity contribution is 0.661. The van der Waals surface area contributed by atoms with Crippen LogP contribution in [-0.2, 0) is 10.8 Å². The lowest BCUT2D eigenvalue weighted by atomic mass is 9.82. The van der Waals surface area contributed by atoms with E-state index in [2.05, 4.69) is 314 Å². The molecule has 0 spiro atoms. The first-order valence-corrected chi connectivity index (χ1v) is 38.0. The Kier molecular flexibility index (Phi) is 14.6. The number of hydrogen-bond donors (Lipinski definition) is 0. The summed E-state index contributed by atoms with van der Waals surface area (Å²) < 4.78 is 5.98. The third-order valence-electron chi connectivity index (χ3n) is 22.9. The maximum absolute atomic E-state index is 5.11. The van der Waals surface area contributed by atoms with Crippen molar-refractivity contribution >= 4 is 103 Å². The predicted molar refractivity (Wildman–Crippen MR) is 454 cm³/mol. The molecule has 4 aromatic heterocycles. The number of nitrogens with zero attached hydrogens (tertiary/aromatic N) is 8. The highest BCUT2D eigenvalue weighted by molar-refractivity contribution is 9.10. The van der Waals surface area contributed by atoms with Gasteiger partial charge in [0.25, 0.3) is 0 Å². The van der Waals surface area contributed by atoms with Crippen LogP contribution in [0.4, 0.5) is 0 Å². The minimum atomic E-state index is -0.164. The van der Waals surface area contributed by atoms with Gasteiger partial charge < -0.3 is 9.13 Å². The van der Waals surface area contributed by atoms with Crippen molar-refractivity contribution in [1.82, 2.24) is 39.0 Å². The summed E-state index contributed by atoms with van der Waals surface area (Å²) in [6.07, 6.45) is 0. The van der Waals surface area contributed by atoms with Gasteiger partial charge in [0.2, 0.25) is 0 Å². The van der Waals surface area contributed by atoms with Gasteiger partial charge >= 0.3 is 0 Å². The van der Waals surface area contributed by atoms with Crippen molar-refractivity contribution < 1.29 is 0 Å². The molecule has 0 fully saturated rings. The molecular formula is C100H67BrN8. The Balaban J connectivity index is 0.000000139. The molecule has 0 amide bonds. The molecule has 8 nitrogen and oxygen atoms in total. The molecule has 0 aliphatic heterocycles. The van der Waals surface area contributed by atoms with E-state index in [4.69, 9.17) is 29.9 Å². The van der Waals surface area contributed by atoms with Crippen molar-refractivity contribution in [3.63, 3.8) is 0 Å². The summed E-state index contributed by atoms with van der Waals surface area (Å²) in [6, 6.07) is 119. The second-order valence-electron chi connectivity index (χ2n) is 29.8. The summed E-state index contributed by atoms with van der Waals surface area (Å²) >= 11 is 3.81. The summed E-state index contributed by atoms with van der Waals surface area (Å²) in [5.74, 6) is 3.90. The first-order valence-electron chi connectivity index (χ1n) is 37.2. The molecule has 0 atom stereocenters. The van der Waals surface area contributed by atoms with Crippen LogP contribution < -0.4 is 0 Å². The standard InChI is InChI=1S/C50H33BrN4.C50H34N4/c1-50(2)41-24-21-30-13-9-10-18-34(30)46(41)40-28-39-38-27-33(51)22-25-44(38)55(45(39)29-42(40)50)43-26-23-37(35-19-11-12-20-36(35)43)49-53-47(31-14-5-3-6-15-31)52-48(54-49)32-16-7-4-8-17-32;1-50(2)41-27-25-31-15-9-10-20-34(31)46(41)40-29-39-37-23-13-14-24-43(37)54(45(39)30-42(40)50)44-28-26-38(35-21-11-12-22-36(35)44)49-52-47(32-16-5-3-6-17-32)51-48(53-49)33-18-7-4-8-19-33/h3-29H,1-2H3;3-30H,1-2H3. The van der Waals surface area contributed by atoms with Crippen LogP contribution in [0.3, 0.4) is 0 Å². The molecule has 9 heteroatoms. The summed E-state index contributed by atoms with van der Waals surface area (Å²) in [4.78, 5) is 30.4. The minimum absolute atomic E-state index is 0.151. The summed E-state index contributed by atoms with van der Waals surface area (Å²) in [6.45, 7) is 9.48. The maximum Gasteiger partial charge on any atom is 0.164 e. The highest BCUT2D eigenvalue weighted by atomic mass is 79.9. The summed E-state index contributed by atoms with van der Waals surface area (Å²) in [7, 11) is 0. The van der Waals surface area contributed by atoms with E-state index in [0.717, 1.165) is 76.3 Å². The average molecular weight is 1460 g/mol. The first kappa shape index (κ1) is 64.1. The van der Waals surface area contributed by atoms with Crippen LogP contribution in [0.2, 0.25) is 0 Å². The largest absolute Gasteiger partial charge is 0.309 e. The van der Waals surface area contributed by atoms with Gasteiger partial charge in [0.1, 0.15) is 0 Å². The normalized spacial score (nSPS) is 13.1. The third kappa shape index (κ3) is 10.2. The Bertz CT molecular complexity index is 7050. The highest BCUT2D eigenvalue weighted by Gasteiger charge is 2.40. The van der Waals surface area contributed by atoms with E-state index in [-0.39, 0.29) is 10.8 Å². The summed E-state index contributed by atoms with van der Waals surface area (Å²) in [5, 5.41) is 14.5. The Hall–Kier alpha value is -13.3. The van der Waals surface area contributed by atoms with Crippen LogP contribution >= 0.6 is 15.9 Å². The molecule has 0 N–H and O–H groups in total. The molecule has 0 unspecified atom stereocenters. The van der Waals surface area contributed by atoms with Gasteiger partial charge in [-0.15, -0.1) is 0 Å². The minimum Gasteiger partial charge on any atom is -0.309 e. The monoisotopic (exact) mass is 1460 g/mol. The van der Waals surface area contributed by atoms with E-state index in [1.165, 1.54) is 104 Å². The van der Waals surface area contributed by atoms with Gasteiger partial charge in [0, 0.05) is 81.0 Å². The SMILES string of the molecule is CC1(C)c2cc3c(cc2-c2c1ccc1ccccc21)c1cc(Br)ccc1n3-c1ccc(-c2nc(-c3ccccc3)nc(-c3ccccc3)n2)c2ccccc12.CC1(C)c2cc3c(cc2-c2c1ccc1ccccc21)c1ccccc1n3-c1ccc(-c2nc(-c3ccccc3)nc(-c3ccccc3)n2)c2ccccc12. The summed E-state index contributed by atoms with van der Waals surface area (Å²) in [5.41, 5.74) is 23.2. The van der Waals surface area contributed by atoms with Crippen molar-refractivity contribution in [1.29, 1.82) is 0 Å². The molecule has 4 heterocycles. The fourth-order valence-electron chi connectivity index (χ4n) is 17.7. The van der Waals surface area contributed by atoms with Crippen LogP contribution in [-0.4, -0.2) is 39.0 Å². The molecule has 20 aromatic rings. The predicted octanol–water partition coefficient (Wildman–Crippen LogP) is 25.9. The van der Waals surface area contributed by atoms with Gasteiger partial charge in [-0.2, -0.15) is 0 Å². The van der Waals surface area contributed by atoms with Crippen molar-refractivity contribution in [3.8, 4) is 102 Å². The van der Waals surface area contributed by atoms with E-state index < -0.39 is 0 Å². The van der Waals surface area contributed by atoms with Gasteiger partial charge in [0.05, 0.1) is 33.4 Å². The van der Waals surface area contributed by atoms with Crippen LogP contribution in [0.15, 0.2) is 338 Å². The zero-order chi connectivity index (χ0) is 72.8. The molecule has 2 aliphatic carbocycles. The number of benzene rings is 16. The van der Waals surface area contributed by atoms with E-state index in [0.29, 0.717) is 34.9 Å². The van der Waals surface area contributed by atoms with E-state index in [1.54, 1.807) is 0 Å². The molecule has 0 bridgehead atoms. The molecule has 0 radical (unpaired) electrons. The highest BCUT2D eigenvalue weighted by Crippen LogP contribution is 2.56. The number of aromatic nitrogens is 8. The van der Waals surface area contributed by atoms with Crippen LogP contribution in [0.5, 0.6) is 0 Å². The average Bonchev–Trinajstić information content (AvgIpc) is 1.54. The first-order chi connectivity index (χ1) is 53.5. The molecule has 514 valence electrons. The van der Waals surface area contributed by atoms with Gasteiger partial charge in [0.15, 0.2) is 34.9 Å². The molecule has 22 rings (SSSR count). The maximum atomic E-state index is 5.11. The lowest BCUT2D eigenvalue weighted by Crippen LogP contribution is -2.15. The smallest absolute Gasteiger partial charge is 0.164 e. The fraction of sp³-hybridized carbons (Fsp3) is 0.0600. The van der Waals surface area contributed by atoms with Crippen molar-refractivity contribution in [2.45, 2.75) is 38.5 Å². The molecular weight excluding hydrogens is 1390 g/mol. The third-order valence-corrected chi connectivity index (χ3v) is 23.4. The second-order valence-corrected chi connectivity index (χ2v) is 30.7. The molecule has 16 aromatic carbocycles. The Morgan fingerprint density at radius 2 is 0.560 bits per heavy atom.